The van der Waals surface area contributed by atoms with E-state index in [0.717, 1.165) is 10.2 Å². The van der Waals surface area contributed by atoms with E-state index >= 15 is 0 Å². The lowest BCUT2D eigenvalue weighted by Gasteiger charge is -2.27. The van der Waals surface area contributed by atoms with Gasteiger partial charge in [-0.25, -0.2) is 0 Å². The average molecular weight is 300 g/mol. The molecule has 84 valence electrons. The van der Waals surface area contributed by atoms with Crippen LogP contribution in [0.4, 0.5) is 5.69 Å². The molecule has 16 heavy (non-hydrogen) atoms. The van der Waals surface area contributed by atoms with Crippen molar-refractivity contribution >= 4 is 38.3 Å². The Labute approximate surface area is 105 Å². The van der Waals surface area contributed by atoms with E-state index in [2.05, 4.69) is 22.5 Å². The van der Waals surface area contributed by atoms with Crippen LogP contribution < -0.4 is 4.90 Å². The molecule has 0 N–H and O–H groups in total. The number of carbonyl (C=O) groups is 1. The van der Waals surface area contributed by atoms with Crippen molar-refractivity contribution < 1.29 is 9.00 Å². The van der Waals surface area contributed by atoms with Crippen molar-refractivity contribution in [3.63, 3.8) is 0 Å². The summed E-state index contributed by atoms with van der Waals surface area (Å²) in [6.45, 7) is 4.07. The van der Waals surface area contributed by atoms with Gasteiger partial charge in [-0.2, -0.15) is 0 Å². The van der Waals surface area contributed by atoms with Gasteiger partial charge in [0.2, 0.25) is 5.91 Å². The van der Waals surface area contributed by atoms with Crippen LogP contribution in [-0.2, 0) is 15.6 Å². The van der Waals surface area contributed by atoms with Gasteiger partial charge in [-0.1, -0.05) is 22.0 Å². The molecule has 1 aromatic rings. The molecule has 2 rings (SSSR count). The second kappa shape index (κ2) is 4.51. The van der Waals surface area contributed by atoms with Crippen molar-refractivity contribution in [2.24, 2.45) is 0 Å². The first kappa shape index (κ1) is 11.5. The molecule has 0 bridgehead atoms. The number of halogens is 1. The van der Waals surface area contributed by atoms with Gasteiger partial charge in [-0.05, 0) is 18.2 Å². The molecule has 1 atom stereocenters. The number of hydrogen-bond acceptors (Lipinski definition) is 2. The summed E-state index contributed by atoms with van der Waals surface area (Å²) >= 11 is 3.33. The summed E-state index contributed by atoms with van der Waals surface area (Å²) in [4.78, 5) is 14.0. The van der Waals surface area contributed by atoms with Crippen LogP contribution in [-0.4, -0.2) is 22.4 Å². The van der Waals surface area contributed by atoms with Crippen molar-refractivity contribution in [2.45, 2.75) is 4.90 Å². The summed E-state index contributed by atoms with van der Waals surface area (Å²) in [6, 6.07) is 5.44. The second-order valence-electron chi connectivity index (χ2n) is 3.39. The Hall–Kier alpha value is -0.940. The minimum absolute atomic E-state index is 0.0529. The molecular formula is C11H10BrNO2S. The van der Waals surface area contributed by atoms with Crippen molar-refractivity contribution in [1.82, 2.24) is 0 Å². The molecular weight excluding hydrogens is 290 g/mol. The van der Waals surface area contributed by atoms with Crippen molar-refractivity contribution in [1.29, 1.82) is 0 Å². The molecule has 0 aliphatic carbocycles. The van der Waals surface area contributed by atoms with E-state index in [4.69, 9.17) is 0 Å². The lowest BCUT2D eigenvalue weighted by Crippen LogP contribution is -2.39. The van der Waals surface area contributed by atoms with Crippen LogP contribution in [0.25, 0.3) is 0 Å². The van der Waals surface area contributed by atoms with Crippen molar-refractivity contribution in [3.05, 3.63) is 35.3 Å². The van der Waals surface area contributed by atoms with Gasteiger partial charge in [0.25, 0.3) is 0 Å². The van der Waals surface area contributed by atoms with Crippen LogP contribution in [0.5, 0.6) is 0 Å². The lowest BCUT2D eigenvalue weighted by molar-refractivity contribution is -0.116. The van der Waals surface area contributed by atoms with E-state index in [-0.39, 0.29) is 11.7 Å². The zero-order chi connectivity index (χ0) is 11.7. The van der Waals surface area contributed by atoms with Crippen molar-refractivity contribution in [2.75, 3.05) is 17.2 Å². The smallest absolute Gasteiger partial charge is 0.240 e. The molecule has 0 spiro atoms. The minimum Gasteiger partial charge on any atom is -0.307 e. The maximum Gasteiger partial charge on any atom is 0.240 e. The van der Waals surface area contributed by atoms with Crippen LogP contribution >= 0.6 is 15.9 Å². The molecule has 1 heterocycles. The highest BCUT2D eigenvalue weighted by molar-refractivity contribution is 9.10. The summed E-state index contributed by atoms with van der Waals surface area (Å²) < 4.78 is 12.7. The molecule has 1 aromatic carbocycles. The molecule has 0 saturated carbocycles. The highest BCUT2D eigenvalue weighted by Gasteiger charge is 2.28. The third-order valence-electron chi connectivity index (χ3n) is 2.33. The molecule has 5 heteroatoms. The summed E-state index contributed by atoms with van der Waals surface area (Å²) in [7, 11) is -1.24. The average Bonchev–Trinajstić information content (AvgIpc) is 2.24. The zero-order valence-corrected chi connectivity index (χ0v) is 10.9. The molecule has 1 aliphatic rings. The van der Waals surface area contributed by atoms with E-state index in [0.29, 0.717) is 11.4 Å². The number of nitrogens with zero attached hydrogens (tertiary/aromatic N) is 1. The third kappa shape index (κ3) is 1.97. The molecule has 1 unspecified atom stereocenters. The van der Waals surface area contributed by atoms with Gasteiger partial charge in [-0.15, -0.1) is 6.58 Å². The minimum atomic E-state index is -1.24. The summed E-state index contributed by atoms with van der Waals surface area (Å²) in [5, 5.41) is 0. The maximum atomic E-state index is 11.8. The maximum absolute atomic E-state index is 11.8. The number of hydrogen-bond donors (Lipinski definition) is 0. The fourth-order valence-corrected chi connectivity index (χ4v) is 3.34. The Morgan fingerprint density at radius 1 is 1.56 bits per heavy atom. The highest BCUT2D eigenvalue weighted by atomic mass is 79.9. The Balaban J connectivity index is 2.54. The highest BCUT2D eigenvalue weighted by Crippen LogP contribution is 2.31. The number of benzene rings is 1. The van der Waals surface area contributed by atoms with E-state index in [1.165, 1.54) is 0 Å². The predicted octanol–water partition coefficient (Wildman–Crippen LogP) is 2.09. The fraction of sp³-hybridized carbons (Fsp3) is 0.182. The normalized spacial score (nSPS) is 19.4. The quantitative estimate of drug-likeness (QED) is 0.784. The molecule has 0 radical (unpaired) electrons. The largest absolute Gasteiger partial charge is 0.307 e. The first-order valence-electron chi connectivity index (χ1n) is 4.72. The zero-order valence-electron chi connectivity index (χ0n) is 8.48. The molecule has 1 aliphatic heterocycles. The fourth-order valence-electron chi connectivity index (χ4n) is 1.62. The first-order valence-corrected chi connectivity index (χ1v) is 6.84. The Morgan fingerprint density at radius 3 is 3.00 bits per heavy atom. The van der Waals surface area contributed by atoms with Crippen LogP contribution in [0, 0.1) is 0 Å². The topological polar surface area (TPSA) is 37.4 Å². The van der Waals surface area contributed by atoms with Crippen molar-refractivity contribution in [3.8, 4) is 0 Å². The summed E-state index contributed by atoms with van der Waals surface area (Å²) in [5.41, 5.74) is 0.720. The Morgan fingerprint density at radius 2 is 2.31 bits per heavy atom. The molecule has 0 saturated heterocycles. The molecule has 3 nitrogen and oxygen atoms in total. The van der Waals surface area contributed by atoms with Gasteiger partial charge >= 0.3 is 0 Å². The van der Waals surface area contributed by atoms with Gasteiger partial charge in [0, 0.05) is 11.0 Å². The van der Waals surface area contributed by atoms with Crippen LogP contribution in [0.2, 0.25) is 0 Å². The number of carbonyl (C=O) groups excluding carboxylic acids is 1. The lowest BCUT2D eigenvalue weighted by atomic mass is 10.2. The van der Waals surface area contributed by atoms with E-state index < -0.39 is 10.8 Å². The second-order valence-corrected chi connectivity index (χ2v) is 5.73. The van der Waals surface area contributed by atoms with Gasteiger partial charge in [0.05, 0.1) is 21.4 Å². The number of fused-ring (bicyclic) bond motifs is 1. The molecule has 0 aromatic heterocycles. The van der Waals surface area contributed by atoms with Gasteiger partial charge in [0.1, 0.15) is 5.75 Å². The van der Waals surface area contributed by atoms with E-state index in [9.17, 15) is 9.00 Å². The number of rotatable bonds is 2. The standard InChI is InChI=1S/C11H10BrNO2S/c1-2-5-13-9-4-3-8(12)6-10(9)16(15)7-11(13)14/h2-4,6H,1,5,7H2. The third-order valence-corrected chi connectivity index (χ3v) is 4.15. The molecule has 0 fully saturated rings. The summed E-state index contributed by atoms with van der Waals surface area (Å²) in [5.74, 6) is -0.0647. The Bertz CT molecular complexity index is 487. The van der Waals surface area contributed by atoms with Crippen LogP contribution in [0.15, 0.2) is 40.2 Å². The van der Waals surface area contributed by atoms with Gasteiger partial charge < -0.3 is 4.90 Å². The summed E-state index contributed by atoms with van der Waals surface area (Å²) in [6.07, 6.45) is 1.66. The number of anilines is 1. The van der Waals surface area contributed by atoms with Crippen LogP contribution in [0.1, 0.15) is 0 Å². The van der Waals surface area contributed by atoms with Gasteiger partial charge in [0.15, 0.2) is 0 Å². The van der Waals surface area contributed by atoms with E-state index in [1.54, 1.807) is 23.1 Å². The molecule has 1 amide bonds. The Kier molecular flexibility index (Phi) is 3.25. The predicted molar refractivity (Wildman–Crippen MR) is 68.0 cm³/mol. The van der Waals surface area contributed by atoms with Gasteiger partial charge in [-0.3, -0.25) is 9.00 Å². The SMILES string of the molecule is C=CCN1C(=O)CS(=O)c2cc(Br)ccc21. The number of amides is 1. The monoisotopic (exact) mass is 299 g/mol. The van der Waals surface area contributed by atoms with Crippen LogP contribution in [0.3, 0.4) is 0 Å². The first-order chi connectivity index (χ1) is 7.63. The van der Waals surface area contributed by atoms with E-state index in [1.807, 2.05) is 6.07 Å².